The third kappa shape index (κ3) is 2.38. The largest absolute Gasteiger partial charge is 0.508 e. The van der Waals surface area contributed by atoms with Crippen LogP contribution in [0.25, 0.3) is 0 Å². The van der Waals surface area contributed by atoms with Gasteiger partial charge in [0.2, 0.25) is 0 Å². The molecule has 0 saturated heterocycles. The van der Waals surface area contributed by atoms with Crippen molar-refractivity contribution in [2.45, 2.75) is 45.3 Å². The Bertz CT molecular complexity index is 426. The van der Waals surface area contributed by atoms with E-state index in [1.165, 1.54) is 20.0 Å². The molecule has 2 unspecified atom stereocenters. The van der Waals surface area contributed by atoms with Crippen LogP contribution in [0.15, 0.2) is 18.2 Å². The summed E-state index contributed by atoms with van der Waals surface area (Å²) in [6.45, 7) is 4.48. The Hall–Kier alpha value is -1.06. The predicted octanol–water partition coefficient (Wildman–Crippen LogP) is 3.32. The van der Waals surface area contributed by atoms with Gasteiger partial charge in [-0.05, 0) is 41.9 Å². The number of phenols is 1. The maximum absolute atomic E-state index is 10.1. The van der Waals surface area contributed by atoms with Crippen LogP contribution in [0.3, 0.4) is 0 Å². The number of hydrogen-bond acceptors (Lipinski definition) is 3. The predicted molar refractivity (Wildman–Crippen MR) is 70.4 cm³/mol. The van der Waals surface area contributed by atoms with Gasteiger partial charge in [0.05, 0.1) is 0 Å². The molecule has 1 aromatic carbocycles. The quantitative estimate of drug-likeness (QED) is 0.809. The lowest BCUT2D eigenvalue weighted by Gasteiger charge is -2.28. The van der Waals surface area contributed by atoms with Gasteiger partial charge < -0.3 is 14.9 Å². The second-order valence-corrected chi connectivity index (χ2v) is 5.84. The Morgan fingerprint density at radius 2 is 2.11 bits per heavy atom. The Labute approximate surface area is 108 Å². The molecule has 3 heteroatoms. The molecule has 1 saturated carbocycles. The fourth-order valence-corrected chi connectivity index (χ4v) is 3.05. The summed E-state index contributed by atoms with van der Waals surface area (Å²) in [5.74, 6) is 0.670. The Morgan fingerprint density at radius 1 is 1.39 bits per heavy atom. The highest BCUT2D eigenvalue weighted by Gasteiger charge is 2.36. The third-order valence-electron chi connectivity index (χ3n) is 4.19. The third-order valence-corrected chi connectivity index (χ3v) is 4.19. The van der Waals surface area contributed by atoms with Gasteiger partial charge in [0, 0.05) is 12.7 Å². The van der Waals surface area contributed by atoms with E-state index in [2.05, 4.69) is 13.8 Å². The molecule has 0 spiro atoms. The summed E-state index contributed by atoms with van der Waals surface area (Å²) in [4.78, 5) is 0. The smallest absolute Gasteiger partial charge is 0.180 e. The van der Waals surface area contributed by atoms with E-state index in [-0.39, 0.29) is 5.41 Å². The zero-order valence-electron chi connectivity index (χ0n) is 11.3. The molecule has 0 aromatic heterocycles. The second-order valence-electron chi connectivity index (χ2n) is 5.84. The van der Waals surface area contributed by atoms with Gasteiger partial charge in [-0.3, -0.25) is 0 Å². The average molecular weight is 250 g/mol. The van der Waals surface area contributed by atoms with E-state index in [4.69, 9.17) is 4.74 Å². The van der Waals surface area contributed by atoms with Gasteiger partial charge >= 0.3 is 0 Å². The fourth-order valence-electron chi connectivity index (χ4n) is 3.05. The van der Waals surface area contributed by atoms with E-state index in [0.717, 1.165) is 12.0 Å². The van der Waals surface area contributed by atoms with Gasteiger partial charge in [-0.15, -0.1) is 0 Å². The molecule has 0 bridgehead atoms. The van der Waals surface area contributed by atoms with E-state index in [0.29, 0.717) is 17.2 Å². The maximum atomic E-state index is 10.1. The number of benzene rings is 1. The molecule has 2 N–H and O–H groups in total. The number of aromatic hydroxyl groups is 1. The molecule has 3 nitrogen and oxygen atoms in total. The van der Waals surface area contributed by atoms with Crippen LogP contribution in [-0.2, 0) is 4.74 Å². The van der Waals surface area contributed by atoms with Gasteiger partial charge in [-0.1, -0.05) is 26.3 Å². The summed E-state index contributed by atoms with van der Waals surface area (Å²) < 4.78 is 4.92. The standard InChI is InChI=1S/C15H22O3/c1-15(2)8-4-5-12(15)11-9-10(14(17)18-3)6-7-13(11)16/h6-7,9,12,14,16-17H,4-5,8H2,1-3H3. The molecule has 1 aliphatic carbocycles. The molecule has 0 amide bonds. The summed E-state index contributed by atoms with van der Waals surface area (Å²) in [7, 11) is 1.47. The molecule has 1 aromatic rings. The van der Waals surface area contributed by atoms with Gasteiger partial charge in [-0.25, -0.2) is 0 Å². The first-order chi connectivity index (χ1) is 8.45. The highest BCUT2D eigenvalue weighted by Crippen LogP contribution is 2.51. The lowest BCUT2D eigenvalue weighted by atomic mass is 9.77. The minimum absolute atomic E-state index is 0.203. The number of rotatable bonds is 3. The van der Waals surface area contributed by atoms with Crippen LogP contribution in [0.2, 0.25) is 0 Å². The molecule has 2 atom stereocenters. The molecular weight excluding hydrogens is 228 g/mol. The van der Waals surface area contributed by atoms with E-state index in [1.807, 2.05) is 6.07 Å². The maximum Gasteiger partial charge on any atom is 0.180 e. The van der Waals surface area contributed by atoms with Gasteiger partial charge in [-0.2, -0.15) is 0 Å². The molecular formula is C15H22O3. The van der Waals surface area contributed by atoms with Crippen LogP contribution in [0.1, 0.15) is 56.4 Å². The highest BCUT2D eigenvalue weighted by molar-refractivity contribution is 5.40. The fraction of sp³-hybridized carbons (Fsp3) is 0.600. The number of phenolic OH excluding ortho intramolecular Hbond substituents is 1. The number of ether oxygens (including phenoxy) is 1. The highest BCUT2D eigenvalue weighted by atomic mass is 16.6. The summed E-state index contributed by atoms with van der Waals surface area (Å²) in [6, 6.07) is 5.23. The van der Waals surface area contributed by atoms with Crippen LogP contribution < -0.4 is 0 Å². The molecule has 1 aliphatic rings. The minimum atomic E-state index is -0.922. The second kappa shape index (κ2) is 4.90. The minimum Gasteiger partial charge on any atom is -0.508 e. The van der Waals surface area contributed by atoms with Gasteiger partial charge in [0.1, 0.15) is 5.75 Å². The zero-order chi connectivity index (χ0) is 13.3. The van der Waals surface area contributed by atoms with Crippen LogP contribution in [0, 0.1) is 5.41 Å². The van der Waals surface area contributed by atoms with Crippen molar-refractivity contribution in [3.05, 3.63) is 29.3 Å². The number of aliphatic hydroxyl groups excluding tert-OH is 1. The number of hydrogen-bond donors (Lipinski definition) is 2. The first-order valence-corrected chi connectivity index (χ1v) is 6.49. The summed E-state index contributed by atoms with van der Waals surface area (Å²) in [5, 5.41) is 19.8. The zero-order valence-corrected chi connectivity index (χ0v) is 11.3. The molecule has 1 fully saturated rings. The number of aliphatic hydroxyl groups is 1. The molecule has 0 aliphatic heterocycles. The van der Waals surface area contributed by atoms with Crippen LogP contribution >= 0.6 is 0 Å². The molecule has 100 valence electrons. The van der Waals surface area contributed by atoms with Crippen molar-refractivity contribution in [2.24, 2.45) is 5.41 Å². The van der Waals surface area contributed by atoms with Crippen molar-refractivity contribution >= 4 is 0 Å². The first kappa shape index (κ1) is 13.4. The van der Waals surface area contributed by atoms with Crippen molar-refractivity contribution in [3.8, 4) is 5.75 Å². The Morgan fingerprint density at radius 3 is 2.67 bits per heavy atom. The van der Waals surface area contributed by atoms with Crippen molar-refractivity contribution in [1.82, 2.24) is 0 Å². The van der Waals surface area contributed by atoms with Crippen molar-refractivity contribution in [1.29, 1.82) is 0 Å². The van der Waals surface area contributed by atoms with Gasteiger partial charge in [0.15, 0.2) is 6.29 Å². The lowest BCUT2D eigenvalue weighted by molar-refractivity contribution is -0.0770. The Balaban J connectivity index is 2.37. The van der Waals surface area contributed by atoms with Crippen molar-refractivity contribution in [2.75, 3.05) is 7.11 Å². The average Bonchev–Trinajstić information content (AvgIpc) is 2.68. The Kier molecular flexibility index (Phi) is 3.64. The molecule has 0 radical (unpaired) electrons. The van der Waals surface area contributed by atoms with Crippen molar-refractivity contribution < 1.29 is 14.9 Å². The monoisotopic (exact) mass is 250 g/mol. The molecule has 0 heterocycles. The normalized spacial score (nSPS) is 24.1. The SMILES string of the molecule is COC(O)c1ccc(O)c(C2CCCC2(C)C)c1. The van der Waals surface area contributed by atoms with Crippen LogP contribution in [-0.4, -0.2) is 17.3 Å². The summed E-state index contributed by atoms with van der Waals surface area (Å²) >= 11 is 0. The van der Waals surface area contributed by atoms with E-state index >= 15 is 0 Å². The molecule has 2 rings (SSSR count). The van der Waals surface area contributed by atoms with E-state index in [9.17, 15) is 10.2 Å². The van der Waals surface area contributed by atoms with E-state index in [1.54, 1.807) is 12.1 Å². The topological polar surface area (TPSA) is 49.7 Å². The summed E-state index contributed by atoms with van der Waals surface area (Å²) in [5.41, 5.74) is 1.84. The first-order valence-electron chi connectivity index (χ1n) is 6.49. The summed E-state index contributed by atoms with van der Waals surface area (Å²) in [6.07, 6.45) is 2.53. The lowest BCUT2D eigenvalue weighted by Crippen LogP contribution is -2.16. The van der Waals surface area contributed by atoms with Gasteiger partial charge in [0.25, 0.3) is 0 Å². The van der Waals surface area contributed by atoms with Crippen molar-refractivity contribution in [3.63, 3.8) is 0 Å². The number of methoxy groups -OCH3 is 1. The van der Waals surface area contributed by atoms with E-state index < -0.39 is 6.29 Å². The van der Waals surface area contributed by atoms with Crippen LogP contribution in [0.4, 0.5) is 0 Å². The molecule has 18 heavy (non-hydrogen) atoms. The van der Waals surface area contributed by atoms with Crippen LogP contribution in [0.5, 0.6) is 5.75 Å².